The van der Waals surface area contributed by atoms with Crippen LogP contribution < -0.4 is 0 Å². The highest BCUT2D eigenvalue weighted by Crippen LogP contribution is 1.98. The summed E-state index contributed by atoms with van der Waals surface area (Å²) in [5, 5.41) is 0. The summed E-state index contributed by atoms with van der Waals surface area (Å²) < 4.78 is 40.3. The topological polar surface area (TPSA) is 74.7 Å². The van der Waals surface area contributed by atoms with Crippen molar-refractivity contribution >= 4 is 21.3 Å². The molecule has 0 rings (SSSR count). The minimum Gasteiger partial charge on any atom is -0.293 e. The molecule has 0 aliphatic heterocycles. The van der Waals surface area contributed by atoms with Gasteiger partial charge in [-0.25, -0.2) is 12.6 Å². The first kappa shape index (κ1) is 10.0. The molecule has 0 bridgehead atoms. The lowest BCUT2D eigenvalue weighted by Crippen LogP contribution is -2.29. The fraction of sp³-hybridized carbons (Fsp3) is 1.00. The van der Waals surface area contributed by atoms with Gasteiger partial charge >= 0.3 is 0 Å². The van der Waals surface area contributed by atoms with Crippen molar-refractivity contribution in [2.75, 3.05) is 12.8 Å². The first-order valence-electron chi connectivity index (χ1n) is 2.49. The average Bonchev–Trinajstić information content (AvgIpc) is 1.86. The Bertz CT molecular complexity index is 221. The van der Waals surface area contributed by atoms with Crippen molar-refractivity contribution in [3.63, 3.8) is 0 Å². The van der Waals surface area contributed by atoms with Gasteiger partial charge in [-0.2, -0.15) is 0 Å². The van der Waals surface area contributed by atoms with Gasteiger partial charge in [-0.3, -0.25) is 4.55 Å². The van der Waals surface area contributed by atoms with Crippen LogP contribution in [0.15, 0.2) is 0 Å². The van der Waals surface area contributed by atoms with Gasteiger partial charge in [-0.05, 0) is 6.92 Å². The first-order chi connectivity index (χ1) is 4.41. The largest absolute Gasteiger partial charge is 0.293 e. The summed E-state index contributed by atoms with van der Waals surface area (Å²) in [5.41, 5.74) is 0. The first-order valence-corrected chi connectivity index (χ1v) is 5.16. The highest BCUT2D eigenvalue weighted by atomic mass is 32.3. The van der Waals surface area contributed by atoms with E-state index in [2.05, 4.69) is 0 Å². The van der Waals surface area contributed by atoms with E-state index in [0.29, 0.717) is 3.71 Å². The Labute approximate surface area is 62.5 Å². The summed E-state index contributed by atoms with van der Waals surface area (Å²) in [7, 11) is -2.46. The Balaban J connectivity index is 4.51. The molecule has 0 heterocycles. The zero-order chi connectivity index (χ0) is 8.36. The Morgan fingerprint density at radius 1 is 1.60 bits per heavy atom. The van der Waals surface area contributed by atoms with Crippen LogP contribution in [0.1, 0.15) is 6.92 Å². The van der Waals surface area contributed by atoms with Crippen LogP contribution in [0.4, 0.5) is 0 Å². The van der Waals surface area contributed by atoms with E-state index in [1.807, 2.05) is 0 Å². The summed E-state index contributed by atoms with van der Waals surface area (Å²) in [6.45, 7) is 1.40. The third-order valence-electron chi connectivity index (χ3n) is 0.976. The molecule has 0 fully saturated rings. The fourth-order valence-corrected chi connectivity index (χ4v) is 1.74. The summed E-state index contributed by atoms with van der Waals surface area (Å²) in [6.07, 6.45) is 0. The van der Waals surface area contributed by atoms with Crippen molar-refractivity contribution in [1.82, 2.24) is 3.71 Å². The van der Waals surface area contributed by atoms with E-state index in [0.717, 1.165) is 7.05 Å². The van der Waals surface area contributed by atoms with Gasteiger partial charge in [-0.1, -0.05) is 3.71 Å². The normalized spacial score (nSPS) is 15.6. The van der Waals surface area contributed by atoms with Crippen LogP contribution in [0.2, 0.25) is 0 Å². The standard InChI is InChI=1S/C3H9NO4S2/c1-3-10(7,8)4(2)9(5)6/h3H2,1-2H3,(H,5,6). The SMILES string of the molecule is CCS(=O)(=O)N(C)S(=O)O. The van der Waals surface area contributed by atoms with E-state index in [4.69, 9.17) is 4.55 Å². The molecule has 0 radical (unpaired) electrons. The lowest BCUT2D eigenvalue weighted by atomic mass is 11.0. The Hall–Kier alpha value is 0.0200. The number of hydrogen-bond acceptors (Lipinski definition) is 3. The molecule has 0 amide bonds. The Morgan fingerprint density at radius 3 is 2.10 bits per heavy atom. The van der Waals surface area contributed by atoms with Crippen molar-refractivity contribution in [3.05, 3.63) is 0 Å². The highest BCUT2D eigenvalue weighted by Gasteiger charge is 2.19. The van der Waals surface area contributed by atoms with Gasteiger partial charge in [0.1, 0.15) is 0 Å². The van der Waals surface area contributed by atoms with Crippen LogP contribution in [0, 0.1) is 0 Å². The molecule has 5 nitrogen and oxygen atoms in total. The van der Waals surface area contributed by atoms with Crippen LogP contribution >= 0.6 is 0 Å². The second-order valence-electron chi connectivity index (χ2n) is 1.54. The van der Waals surface area contributed by atoms with Gasteiger partial charge in [0, 0.05) is 7.05 Å². The molecule has 1 unspecified atom stereocenters. The molecule has 0 aliphatic rings. The number of rotatable bonds is 3. The summed E-state index contributed by atoms with van der Waals surface area (Å²) >= 11 is -2.43. The molecule has 0 aromatic carbocycles. The summed E-state index contributed by atoms with van der Waals surface area (Å²) in [6, 6.07) is 0. The Kier molecular flexibility index (Phi) is 3.43. The van der Waals surface area contributed by atoms with Gasteiger partial charge in [0.15, 0.2) is 0 Å². The van der Waals surface area contributed by atoms with E-state index in [1.54, 1.807) is 0 Å². The lowest BCUT2D eigenvalue weighted by molar-refractivity contribution is 0.505. The molecule has 1 N–H and O–H groups in total. The van der Waals surface area contributed by atoms with Crippen LogP contribution in [0.25, 0.3) is 0 Å². The third kappa shape index (κ3) is 2.33. The monoisotopic (exact) mass is 187 g/mol. The maximum Gasteiger partial charge on any atom is 0.248 e. The molecule has 1 atom stereocenters. The quantitative estimate of drug-likeness (QED) is 0.599. The van der Waals surface area contributed by atoms with Crippen molar-refractivity contribution in [2.24, 2.45) is 0 Å². The van der Waals surface area contributed by atoms with Gasteiger partial charge in [0.25, 0.3) is 0 Å². The Morgan fingerprint density at radius 2 is 2.00 bits per heavy atom. The summed E-state index contributed by atoms with van der Waals surface area (Å²) in [5.74, 6) is -0.171. The number of hydrogen-bond donors (Lipinski definition) is 1. The molecule has 0 aromatic heterocycles. The molecular formula is C3H9NO4S2. The molecule has 0 aliphatic carbocycles. The van der Waals surface area contributed by atoms with E-state index < -0.39 is 21.3 Å². The molecule has 0 aromatic rings. The molecule has 62 valence electrons. The molecule has 7 heteroatoms. The van der Waals surface area contributed by atoms with Crippen LogP contribution in [0.3, 0.4) is 0 Å². The van der Waals surface area contributed by atoms with Crippen molar-refractivity contribution in [2.45, 2.75) is 6.92 Å². The second kappa shape index (κ2) is 3.42. The minimum absolute atomic E-state index is 0.171. The average molecular weight is 187 g/mol. The van der Waals surface area contributed by atoms with E-state index in [9.17, 15) is 12.6 Å². The van der Waals surface area contributed by atoms with Crippen molar-refractivity contribution < 1.29 is 17.2 Å². The second-order valence-corrected chi connectivity index (χ2v) is 5.07. The van der Waals surface area contributed by atoms with Crippen molar-refractivity contribution in [1.29, 1.82) is 0 Å². The minimum atomic E-state index is -3.51. The van der Waals surface area contributed by atoms with Gasteiger partial charge in [0.2, 0.25) is 21.3 Å². The predicted molar refractivity (Wildman–Crippen MR) is 38.0 cm³/mol. The molecule has 0 spiro atoms. The van der Waals surface area contributed by atoms with E-state index in [-0.39, 0.29) is 5.75 Å². The van der Waals surface area contributed by atoms with Gasteiger partial charge in [-0.15, -0.1) is 0 Å². The molecule has 0 saturated carbocycles. The molecule has 0 saturated heterocycles. The smallest absolute Gasteiger partial charge is 0.248 e. The molecular weight excluding hydrogens is 178 g/mol. The fourth-order valence-electron chi connectivity index (χ4n) is 0.279. The van der Waals surface area contributed by atoms with Crippen LogP contribution in [-0.2, 0) is 21.3 Å². The van der Waals surface area contributed by atoms with Gasteiger partial charge in [0.05, 0.1) is 5.75 Å². The highest BCUT2D eigenvalue weighted by molar-refractivity contribution is 7.99. The predicted octanol–water partition coefficient (Wildman–Crippen LogP) is -0.595. The number of nitrogens with zero attached hydrogens (tertiary/aromatic N) is 1. The zero-order valence-electron chi connectivity index (χ0n) is 5.64. The maximum atomic E-state index is 10.7. The molecule has 10 heavy (non-hydrogen) atoms. The summed E-state index contributed by atoms with van der Waals surface area (Å²) in [4.78, 5) is 0. The van der Waals surface area contributed by atoms with E-state index in [1.165, 1.54) is 6.92 Å². The van der Waals surface area contributed by atoms with Crippen molar-refractivity contribution in [3.8, 4) is 0 Å². The third-order valence-corrected chi connectivity index (χ3v) is 3.99. The van der Waals surface area contributed by atoms with Crippen LogP contribution in [0.5, 0.6) is 0 Å². The zero-order valence-corrected chi connectivity index (χ0v) is 7.28. The van der Waals surface area contributed by atoms with Crippen LogP contribution in [-0.4, -0.2) is 33.7 Å². The lowest BCUT2D eigenvalue weighted by Gasteiger charge is -2.08. The maximum absolute atomic E-state index is 10.7. The number of sulfonamides is 1. The van der Waals surface area contributed by atoms with E-state index >= 15 is 0 Å². The van der Waals surface area contributed by atoms with Gasteiger partial charge < -0.3 is 0 Å².